The summed E-state index contributed by atoms with van der Waals surface area (Å²) >= 11 is 0. The molecule has 1 aromatic rings. The van der Waals surface area contributed by atoms with Gasteiger partial charge in [-0.15, -0.1) is 0 Å². The van der Waals surface area contributed by atoms with Gasteiger partial charge in [0.15, 0.2) is 0 Å². The third-order valence-corrected chi connectivity index (χ3v) is 3.96. The summed E-state index contributed by atoms with van der Waals surface area (Å²) < 4.78 is 45.0. The molecule has 0 heterocycles. The van der Waals surface area contributed by atoms with Gasteiger partial charge in [0.25, 0.3) is 0 Å². The van der Waals surface area contributed by atoms with Gasteiger partial charge in [-0.25, -0.2) is 0 Å². The van der Waals surface area contributed by atoms with Gasteiger partial charge in [0.1, 0.15) is 5.75 Å². The lowest BCUT2D eigenvalue weighted by Crippen LogP contribution is -2.29. The highest BCUT2D eigenvalue weighted by molar-refractivity contribution is 5.39. The van der Waals surface area contributed by atoms with E-state index in [4.69, 9.17) is 9.84 Å². The average Bonchev–Trinajstić information content (AvgIpc) is 2.36. The van der Waals surface area contributed by atoms with Gasteiger partial charge in [-0.2, -0.15) is 13.2 Å². The second-order valence-electron chi connectivity index (χ2n) is 6.14. The molecule has 0 spiro atoms. The van der Waals surface area contributed by atoms with Gasteiger partial charge in [0.2, 0.25) is 0 Å². The number of aliphatic hydroxyl groups is 1. The Kier molecular flexibility index (Phi) is 4.81. The number of aliphatic hydroxyl groups excluding tert-OH is 1. The van der Waals surface area contributed by atoms with Crippen LogP contribution < -0.4 is 4.74 Å². The Hall–Kier alpha value is -1.23. The lowest BCUT2D eigenvalue weighted by Gasteiger charge is -2.32. The van der Waals surface area contributed by atoms with E-state index < -0.39 is 18.3 Å². The molecular weight excluding hydrogens is 281 g/mol. The summed E-state index contributed by atoms with van der Waals surface area (Å²) in [6.45, 7) is 3.79. The maximum atomic E-state index is 13.1. The van der Waals surface area contributed by atoms with Gasteiger partial charge in [-0.05, 0) is 48.8 Å². The highest BCUT2D eigenvalue weighted by Crippen LogP contribution is 2.39. The predicted molar refractivity (Wildman–Crippen MR) is 74.0 cm³/mol. The van der Waals surface area contributed by atoms with Crippen molar-refractivity contribution in [3.05, 3.63) is 29.3 Å². The fraction of sp³-hybridized carbons (Fsp3) is 0.625. The maximum absolute atomic E-state index is 13.1. The summed E-state index contributed by atoms with van der Waals surface area (Å²) in [4.78, 5) is 0. The molecule has 0 amide bonds. The van der Waals surface area contributed by atoms with E-state index in [0.29, 0.717) is 11.8 Å². The van der Waals surface area contributed by atoms with Gasteiger partial charge >= 0.3 is 6.18 Å². The molecule has 0 saturated heterocycles. The molecule has 0 aromatic heterocycles. The lowest BCUT2D eigenvalue weighted by molar-refractivity contribution is -0.139. The third kappa shape index (κ3) is 4.13. The van der Waals surface area contributed by atoms with Crippen molar-refractivity contribution in [1.82, 2.24) is 0 Å². The Morgan fingerprint density at radius 1 is 1.14 bits per heavy atom. The summed E-state index contributed by atoms with van der Waals surface area (Å²) in [6, 6.07) is 3.75. The molecule has 2 rings (SSSR count). The first-order valence-electron chi connectivity index (χ1n) is 7.27. The van der Waals surface area contributed by atoms with Crippen molar-refractivity contribution in [2.45, 2.75) is 52.0 Å². The zero-order valence-corrected chi connectivity index (χ0v) is 12.3. The van der Waals surface area contributed by atoms with Crippen LogP contribution in [-0.4, -0.2) is 11.2 Å². The van der Waals surface area contributed by atoms with E-state index in [1.165, 1.54) is 12.1 Å². The van der Waals surface area contributed by atoms with E-state index in [2.05, 4.69) is 13.8 Å². The van der Waals surface area contributed by atoms with Crippen LogP contribution in [0.1, 0.15) is 44.2 Å². The molecule has 2 atom stereocenters. The first kappa shape index (κ1) is 16.1. The lowest BCUT2D eigenvalue weighted by atomic mass is 9.82. The van der Waals surface area contributed by atoms with Crippen LogP contribution in [0.5, 0.6) is 5.75 Å². The Balaban J connectivity index is 2.23. The van der Waals surface area contributed by atoms with Crippen LogP contribution in [0.15, 0.2) is 18.2 Å². The van der Waals surface area contributed by atoms with Gasteiger partial charge in [-0.1, -0.05) is 19.9 Å². The normalized spacial score (nSPS) is 26.7. The van der Waals surface area contributed by atoms with Crippen molar-refractivity contribution >= 4 is 0 Å². The molecule has 1 aromatic carbocycles. The SMILES string of the molecule is CC1CC(C)CC(Oc2ccc(CO)cc2C(F)(F)F)C1. The van der Waals surface area contributed by atoms with Crippen LogP contribution in [-0.2, 0) is 12.8 Å². The number of alkyl halides is 3. The fourth-order valence-electron chi connectivity index (χ4n) is 3.15. The van der Waals surface area contributed by atoms with Crippen LogP contribution in [0.3, 0.4) is 0 Å². The fourth-order valence-corrected chi connectivity index (χ4v) is 3.15. The number of halogens is 3. The number of ether oxygens (including phenoxy) is 1. The molecule has 1 saturated carbocycles. The zero-order chi connectivity index (χ0) is 15.6. The first-order chi connectivity index (χ1) is 9.79. The van der Waals surface area contributed by atoms with Gasteiger partial charge in [-0.3, -0.25) is 0 Å². The monoisotopic (exact) mass is 302 g/mol. The number of hydrogen-bond acceptors (Lipinski definition) is 2. The van der Waals surface area contributed by atoms with Crippen LogP contribution in [0, 0.1) is 11.8 Å². The summed E-state index contributed by atoms with van der Waals surface area (Å²) in [5.74, 6) is 0.792. The molecule has 2 unspecified atom stereocenters. The average molecular weight is 302 g/mol. The quantitative estimate of drug-likeness (QED) is 0.896. The van der Waals surface area contributed by atoms with Crippen molar-refractivity contribution in [3.63, 3.8) is 0 Å². The molecule has 5 heteroatoms. The first-order valence-corrected chi connectivity index (χ1v) is 7.27. The molecule has 2 nitrogen and oxygen atoms in total. The third-order valence-electron chi connectivity index (χ3n) is 3.96. The van der Waals surface area contributed by atoms with Crippen molar-refractivity contribution in [3.8, 4) is 5.75 Å². The molecule has 1 aliphatic carbocycles. The Labute approximate surface area is 122 Å². The van der Waals surface area contributed by atoms with Crippen molar-refractivity contribution < 1.29 is 23.0 Å². The minimum Gasteiger partial charge on any atom is -0.490 e. The molecule has 21 heavy (non-hydrogen) atoms. The summed E-state index contributed by atoms with van der Waals surface area (Å²) in [5, 5.41) is 9.00. The van der Waals surface area contributed by atoms with Crippen LogP contribution in [0.4, 0.5) is 13.2 Å². The number of benzene rings is 1. The molecule has 1 fully saturated rings. The van der Waals surface area contributed by atoms with Crippen LogP contribution in [0.25, 0.3) is 0 Å². The molecule has 1 N–H and O–H groups in total. The Morgan fingerprint density at radius 2 is 1.76 bits per heavy atom. The Bertz CT molecular complexity index is 475. The van der Waals surface area contributed by atoms with E-state index in [-0.39, 0.29) is 17.4 Å². The second-order valence-corrected chi connectivity index (χ2v) is 6.14. The van der Waals surface area contributed by atoms with E-state index in [9.17, 15) is 13.2 Å². The highest BCUT2D eigenvalue weighted by Gasteiger charge is 2.36. The van der Waals surface area contributed by atoms with E-state index in [1.54, 1.807) is 0 Å². The molecule has 0 aliphatic heterocycles. The van der Waals surface area contributed by atoms with E-state index >= 15 is 0 Å². The number of rotatable bonds is 3. The van der Waals surface area contributed by atoms with Crippen LogP contribution in [0.2, 0.25) is 0 Å². The summed E-state index contributed by atoms with van der Waals surface area (Å²) in [7, 11) is 0. The van der Waals surface area contributed by atoms with Crippen molar-refractivity contribution in [2.75, 3.05) is 0 Å². The standard InChI is InChI=1S/C16H21F3O2/c1-10-5-11(2)7-13(6-10)21-15-4-3-12(9-20)8-14(15)16(17,18)19/h3-4,8,10-11,13,20H,5-7,9H2,1-2H3. The minimum atomic E-state index is -4.48. The minimum absolute atomic E-state index is 0.133. The molecule has 0 radical (unpaired) electrons. The van der Waals surface area contributed by atoms with Crippen molar-refractivity contribution in [2.24, 2.45) is 11.8 Å². The smallest absolute Gasteiger partial charge is 0.419 e. The molecular formula is C16H21F3O2. The second kappa shape index (κ2) is 6.26. The summed E-state index contributed by atoms with van der Waals surface area (Å²) in [5.41, 5.74) is -0.569. The highest BCUT2D eigenvalue weighted by atomic mass is 19.4. The number of hydrogen-bond donors (Lipinski definition) is 1. The predicted octanol–water partition coefficient (Wildman–Crippen LogP) is 4.40. The molecule has 118 valence electrons. The van der Waals surface area contributed by atoms with E-state index in [0.717, 1.165) is 25.3 Å². The largest absolute Gasteiger partial charge is 0.490 e. The Morgan fingerprint density at radius 3 is 2.29 bits per heavy atom. The van der Waals surface area contributed by atoms with E-state index in [1.807, 2.05) is 0 Å². The van der Waals surface area contributed by atoms with Gasteiger partial charge < -0.3 is 9.84 Å². The maximum Gasteiger partial charge on any atom is 0.419 e. The molecule has 1 aliphatic rings. The topological polar surface area (TPSA) is 29.5 Å². The van der Waals surface area contributed by atoms with Gasteiger partial charge in [0, 0.05) is 0 Å². The van der Waals surface area contributed by atoms with Gasteiger partial charge in [0.05, 0.1) is 18.3 Å². The van der Waals surface area contributed by atoms with Crippen LogP contribution >= 0.6 is 0 Å². The zero-order valence-electron chi connectivity index (χ0n) is 12.3. The summed E-state index contributed by atoms with van der Waals surface area (Å²) in [6.07, 6.45) is -2.00. The molecule has 0 bridgehead atoms. The van der Waals surface area contributed by atoms with Crippen molar-refractivity contribution in [1.29, 1.82) is 0 Å².